The number of hydrogen-bond donors (Lipinski definition) is 2. The minimum atomic E-state index is -0.314. The molecule has 0 spiro atoms. The van der Waals surface area contributed by atoms with Crippen LogP contribution in [0.5, 0.6) is 0 Å². The number of carbonyl (C=O) groups excluding carboxylic acids is 2. The van der Waals surface area contributed by atoms with Gasteiger partial charge in [-0.3, -0.25) is 9.59 Å². The molecule has 0 unspecified atom stereocenters. The van der Waals surface area contributed by atoms with Gasteiger partial charge in [-0.25, -0.2) is 0 Å². The number of unbranched alkanes of at least 4 members (excludes halogenated alkanes) is 11. The van der Waals surface area contributed by atoms with Gasteiger partial charge in [-0.15, -0.1) is 9.73 Å². The molecule has 1 amide bonds. The Balaban J connectivity index is 1.28. The highest BCUT2D eigenvalue weighted by atomic mass is 35.5. The van der Waals surface area contributed by atoms with Crippen molar-refractivity contribution in [2.24, 2.45) is 0 Å². The van der Waals surface area contributed by atoms with Gasteiger partial charge in [0.1, 0.15) is 5.02 Å². The number of aromatic nitrogens is 4. The molecule has 0 fully saturated rings. The van der Waals surface area contributed by atoms with Crippen LogP contribution in [0, 0.1) is 0 Å². The van der Waals surface area contributed by atoms with E-state index in [0.29, 0.717) is 29.6 Å². The molecule has 8 nitrogen and oxygen atoms in total. The lowest BCUT2D eigenvalue weighted by molar-refractivity contribution is -0.145. The number of amides is 1. The van der Waals surface area contributed by atoms with E-state index in [1.807, 2.05) is 24.3 Å². The maximum Gasteiger partial charge on any atom is 0.306 e. The van der Waals surface area contributed by atoms with Gasteiger partial charge in [0, 0.05) is 23.9 Å². The normalized spacial score (nSPS) is 11.7. The van der Waals surface area contributed by atoms with Crippen molar-refractivity contribution < 1.29 is 14.3 Å². The SMILES string of the molecule is CCCCCCCCCCCCCCOC(=O)CCC(=O)NCc1cccc(-c2nn3nc(C(C)(C)C)c(Cl)c3[nH]2)c1. The van der Waals surface area contributed by atoms with Crippen molar-refractivity contribution >= 4 is 29.1 Å². The largest absolute Gasteiger partial charge is 0.466 e. The first-order valence-corrected chi connectivity index (χ1v) is 16.2. The monoisotopic (exact) mass is 599 g/mol. The molecule has 1 aromatic carbocycles. The smallest absolute Gasteiger partial charge is 0.306 e. The number of nitrogens with zero attached hydrogens (tertiary/aromatic N) is 3. The Morgan fingerprint density at radius 3 is 2.19 bits per heavy atom. The van der Waals surface area contributed by atoms with E-state index in [1.54, 1.807) is 0 Å². The number of aromatic amines is 1. The lowest BCUT2D eigenvalue weighted by atomic mass is 9.92. The number of benzene rings is 1. The van der Waals surface area contributed by atoms with E-state index in [9.17, 15) is 9.59 Å². The van der Waals surface area contributed by atoms with Crippen molar-refractivity contribution in [2.75, 3.05) is 6.61 Å². The summed E-state index contributed by atoms with van der Waals surface area (Å²) in [6, 6.07) is 7.75. The second kappa shape index (κ2) is 17.3. The van der Waals surface area contributed by atoms with E-state index < -0.39 is 0 Å². The molecule has 9 heteroatoms. The maximum absolute atomic E-state index is 12.3. The van der Waals surface area contributed by atoms with E-state index in [1.165, 1.54) is 68.8 Å². The molecule has 3 aromatic rings. The summed E-state index contributed by atoms with van der Waals surface area (Å²) in [5.41, 5.74) is 3.04. The molecule has 2 aromatic heterocycles. The van der Waals surface area contributed by atoms with E-state index >= 15 is 0 Å². The zero-order valence-corrected chi connectivity index (χ0v) is 26.8. The van der Waals surface area contributed by atoms with Crippen molar-refractivity contribution in [1.29, 1.82) is 0 Å². The summed E-state index contributed by atoms with van der Waals surface area (Å²) in [6.07, 6.45) is 15.4. The third-order valence-electron chi connectivity index (χ3n) is 7.46. The predicted octanol–water partition coefficient (Wildman–Crippen LogP) is 8.32. The van der Waals surface area contributed by atoms with Crippen molar-refractivity contribution in [3.05, 3.63) is 40.5 Å². The highest BCUT2D eigenvalue weighted by molar-refractivity contribution is 6.34. The second-order valence-electron chi connectivity index (χ2n) is 12.3. The molecule has 0 radical (unpaired) electrons. The van der Waals surface area contributed by atoms with Gasteiger partial charge in [0.25, 0.3) is 0 Å². The minimum Gasteiger partial charge on any atom is -0.466 e. The summed E-state index contributed by atoms with van der Waals surface area (Å²) in [7, 11) is 0. The van der Waals surface area contributed by atoms with E-state index in [-0.39, 0.29) is 30.1 Å². The first kappa shape index (κ1) is 33.6. The molecule has 0 bridgehead atoms. The first-order chi connectivity index (χ1) is 20.2. The Labute approximate surface area is 256 Å². The van der Waals surface area contributed by atoms with Gasteiger partial charge in [0.15, 0.2) is 11.5 Å². The first-order valence-electron chi connectivity index (χ1n) is 15.9. The second-order valence-corrected chi connectivity index (χ2v) is 12.7. The van der Waals surface area contributed by atoms with Gasteiger partial charge in [0.05, 0.1) is 18.7 Å². The zero-order chi connectivity index (χ0) is 30.4. The van der Waals surface area contributed by atoms with Crippen LogP contribution in [-0.4, -0.2) is 38.3 Å². The lowest BCUT2D eigenvalue weighted by Gasteiger charge is -2.14. The number of carbonyl (C=O) groups is 2. The number of ether oxygens (including phenoxy) is 1. The van der Waals surface area contributed by atoms with E-state index in [2.05, 4.69) is 48.2 Å². The molecular formula is C33H50ClN5O3. The van der Waals surface area contributed by atoms with Crippen LogP contribution in [0.2, 0.25) is 5.02 Å². The Morgan fingerprint density at radius 2 is 1.57 bits per heavy atom. The van der Waals surface area contributed by atoms with Crippen LogP contribution in [0.15, 0.2) is 24.3 Å². The Bertz CT molecular complexity index is 1260. The van der Waals surface area contributed by atoms with E-state index in [0.717, 1.165) is 29.7 Å². The standard InChI is InChI=1S/C33H50ClN5O3/c1-5-6-7-8-9-10-11-12-13-14-15-16-22-42-28(41)21-20-27(40)35-24-25-18-17-19-26(23-25)31-36-32-29(34)30(33(2,3)4)37-39(32)38-31/h17-19,23H,5-16,20-22,24H2,1-4H3,(H,35,40)(H,36,38). The molecule has 232 valence electrons. The van der Waals surface area contributed by atoms with E-state index in [4.69, 9.17) is 16.3 Å². The average Bonchev–Trinajstić information content (AvgIpc) is 3.53. The topological polar surface area (TPSA) is 101 Å². The molecule has 0 saturated carbocycles. The molecule has 0 atom stereocenters. The van der Waals surface area contributed by atoms with Crippen molar-refractivity contribution in [1.82, 2.24) is 25.1 Å². The molecular weight excluding hydrogens is 550 g/mol. The van der Waals surface area contributed by atoms with Crippen LogP contribution in [-0.2, 0) is 26.3 Å². The number of H-pyrrole nitrogens is 1. The summed E-state index contributed by atoms with van der Waals surface area (Å²) in [6.45, 7) is 9.22. The van der Waals surface area contributed by atoms with Crippen LogP contribution in [0.1, 0.15) is 129 Å². The number of halogens is 1. The van der Waals surface area contributed by atoms with Crippen molar-refractivity contribution in [3.8, 4) is 11.4 Å². The summed E-state index contributed by atoms with van der Waals surface area (Å²) in [5.74, 6) is 0.149. The van der Waals surface area contributed by atoms with Crippen molar-refractivity contribution in [3.63, 3.8) is 0 Å². The Morgan fingerprint density at radius 1 is 0.929 bits per heavy atom. The van der Waals surface area contributed by atoms with Crippen molar-refractivity contribution in [2.45, 2.75) is 130 Å². The van der Waals surface area contributed by atoms with Gasteiger partial charge in [-0.05, 0) is 18.1 Å². The molecule has 42 heavy (non-hydrogen) atoms. The number of hydrogen-bond acceptors (Lipinski definition) is 5. The molecule has 0 saturated heterocycles. The number of esters is 1. The van der Waals surface area contributed by atoms with Gasteiger partial charge in [0.2, 0.25) is 5.91 Å². The fourth-order valence-electron chi connectivity index (χ4n) is 4.94. The van der Waals surface area contributed by atoms with Crippen LogP contribution in [0.4, 0.5) is 0 Å². The fourth-order valence-corrected chi connectivity index (χ4v) is 5.39. The summed E-state index contributed by atoms with van der Waals surface area (Å²) in [5, 5.41) is 12.6. The highest BCUT2D eigenvalue weighted by Crippen LogP contribution is 2.31. The summed E-state index contributed by atoms with van der Waals surface area (Å²) >= 11 is 6.56. The molecule has 0 aliphatic carbocycles. The molecule has 2 N–H and O–H groups in total. The van der Waals surface area contributed by atoms with Crippen LogP contribution in [0.25, 0.3) is 17.0 Å². The molecule has 0 aliphatic heterocycles. The third-order valence-corrected chi connectivity index (χ3v) is 7.82. The summed E-state index contributed by atoms with van der Waals surface area (Å²) < 4.78 is 6.85. The minimum absolute atomic E-state index is 0.0909. The molecule has 0 aliphatic rings. The zero-order valence-electron chi connectivity index (χ0n) is 26.1. The highest BCUT2D eigenvalue weighted by Gasteiger charge is 2.25. The average molecular weight is 600 g/mol. The van der Waals surface area contributed by atoms with Gasteiger partial charge < -0.3 is 15.0 Å². The number of nitrogens with one attached hydrogen (secondary N) is 2. The molecule has 2 heterocycles. The van der Waals surface area contributed by atoms with Crippen LogP contribution < -0.4 is 5.32 Å². The maximum atomic E-state index is 12.3. The van der Waals surface area contributed by atoms with Gasteiger partial charge >= 0.3 is 5.97 Å². The summed E-state index contributed by atoms with van der Waals surface area (Å²) in [4.78, 5) is 27.6. The van der Waals surface area contributed by atoms with Gasteiger partial charge in [-0.1, -0.05) is 128 Å². The predicted molar refractivity (Wildman–Crippen MR) is 170 cm³/mol. The third kappa shape index (κ3) is 11.1. The Hall–Kier alpha value is -2.87. The Kier molecular flexibility index (Phi) is 13.8. The van der Waals surface area contributed by atoms with Crippen LogP contribution in [0.3, 0.4) is 0 Å². The molecule has 3 rings (SSSR count). The van der Waals surface area contributed by atoms with Gasteiger partial charge in [-0.2, -0.15) is 5.10 Å². The lowest BCUT2D eigenvalue weighted by Crippen LogP contribution is -2.23. The fraction of sp³-hybridized carbons (Fsp3) is 0.636. The quantitative estimate of drug-likeness (QED) is 0.107. The van der Waals surface area contributed by atoms with Crippen LogP contribution >= 0.6 is 11.6 Å². The number of rotatable bonds is 19. The number of fused-ring (bicyclic) bond motifs is 1.